The molecule has 12 aromatic rings. The van der Waals surface area contributed by atoms with Crippen molar-refractivity contribution in [1.29, 1.82) is 0 Å². The van der Waals surface area contributed by atoms with Gasteiger partial charge in [-0.25, -0.2) is 53.6 Å². The van der Waals surface area contributed by atoms with E-state index in [0.29, 0.717) is 59.4 Å². The van der Waals surface area contributed by atoms with E-state index in [1.807, 2.05) is 60.8 Å². The van der Waals surface area contributed by atoms with Crippen LogP contribution in [-0.4, -0.2) is 66.4 Å². The number of alkyl halides is 3. The average molecular weight is 1180 g/mol. The molecule has 3 aliphatic heterocycles. The highest BCUT2D eigenvalue weighted by molar-refractivity contribution is 5.98. The number of anilines is 9. The second-order valence-electron chi connectivity index (χ2n) is 20.0. The highest BCUT2D eigenvalue weighted by Gasteiger charge is 2.30. The van der Waals surface area contributed by atoms with E-state index in [2.05, 4.69) is 81.7 Å². The Balaban J connectivity index is 0.000000122. The molecule has 0 fully saturated rings. The van der Waals surface area contributed by atoms with Crippen molar-refractivity contribution in [3.8, 4) is 67.2 Å². The third kappa shape index (κ3) is 12.0. The molecule has 3 aliphatic rings. The van der Waals surface area contributed by atoms with Crippen LogP contribution in [0.15, 0.2) is 202 Å². The molecule has 0 unspecified atom stereocenters. The van der Waals surface area contributed by atoms with Crippen molar-refractivity contribution in [3.05, 3.63) is 236 Å². The Hall–Kier alpha value is -11.8. The summed E-state index contributed by atoms with van der Waals surface area (Å²) in [4.78, 5) is 53.4. The Morgan fingerprint density at radius 1 is 0.375 bits per heavy atom. The van der Waals surface area contributed by atoms with E-state index in [9.17, 15) is 22.0 Å². The predicted molar refractivity (Wildman–Crippen MR) is 326 cm³/mol. The molecule has 88 heavy (non-hydrogen) atoms. The zero-order valence-corrected chi connectivity index (χ0v) is 46.1. The summed E-state index contributed by atoms with van der Waals surface area (Å²) in [6.45, 7) is 1.22. The molecule has 432 valence electrons. The third-order valence-electron chi connectivity index (χ3n) is 14.4. The van der Waals surface area contributed by atoms with Gasteiger partial charge in [-0.3, -0.25) is 15.0 Å². The summed E-state index contributed by atoms with van der Waals surface area (Å²) in [7, 11) is 0. The number of rotatable bonds is 10. The summed E-state index contributed by atoms with van der Waals surface area (Å²) in [6.07, 6.45) is 17.3. The van der Waals surface area contributed by atoms with Gasteiger partial charge in [0.15, 0.2) is 0 Å². The van der Waals surface area contributed by atoms with Gasteiger partial charge in [0.1, 0.15) is 29.1 Å². The van der Waals surface area contributed by atoms with Crippen LogP contribution < -0.4 is 31.9 Å². The first-order valence-corrected chi connectivity index (χ1v) is 27.5. The summed E-state index contributed by atoms with van der Waals surface area (Å²) in [5, 5.41) is 19.4. The lowest BCUT2D eigenvalue weighted by molar-refractivity contribution is -0.137. The van der Waals surface area contributed by atoms with Gasteiger partial charge in [0.25, 0.3) is 0 Å². The summed E-state index contributed by atoms with van der Waals surface area (Å²) < 4.78 is 65.1. The van der Waals surface area contributed by atoms with E-state index in [1.54, 1.807) is 98.5 Å². The van der Waals surface area contributed by atoms with E-state index in [0.717, 1.165) is 108 Å². The van der Waals surface area contributed by atoms with Gasteiger partial charge in [0, 0.05) is 131 Å². The monoisotopic (exact) mass is 1170 g/mol. The van der Waals surface area contributed by atoms with Crippen LogP contribution >= 0.6 is 0 Å². The van der Waals surface area contributed by atoms with Crippen LogP contribution in [0, 0.1) is 11.6 Å². The zero-order valence-electron chi connectivity index (χ0n) is 46.1. The SMILES string of the molecule is FC(F)(F)c1ccc(CNc2ncc3c(n2)-c2cccnc2Nc2cnccc2-3)cc1.Fc1ccc(CCNc2ncc3c(n2)-c2cccnc2Nc2cnccc2-3)cc1.Fc1ccccc1CNc1ncc2c(n1)-c1cccnc1Nc1cnccc1-2. The van der Waals surface area contributed by atoms with E-state index in [4.69, 9.17) is 9.97 Å². The van der Waals surface area contributed by atoms with Crippen molar-refractivity contribution in [1.82, 2.24) is 59.8 Å². The maximum absolute atomic E-state index is 13.9. The summed E-state index contributed by atoms with van der Waals surface area (Å²) in [6, 6.07) is 35.3. The molecule has 3 aromatic carbocycles. The molecule has 0 spiro atoms. The molecule has 0 amide bonds. The maximum Gasteiger partial charge on any atom is 0.416 e. The lowest BCUT2D eigenvalue weighted by Gasteiger charge is -2.11. The number of fused-ring (bicyclic) bond motifs is 15. The standard InChI is InChI=1S/C22H15F3N6.C22H17FN6.C21H15FN6/c23-22(24,25)14-5-3-13(4-6-14)10-28-21-29-11-17-15-7-9-26-12-18(15)30-20-16(19(17)31-21)2-1-8-27-20;23-15-5-3-14(4-6-15)7-11-26-22-27-12-18-16-8-10-24-13-19(16)28-21-17(20(18)29-22)2-1-9-25-21;22-17-6-2-1-4-13(17)10-25-21-26-11-16-14-7-9-23-12-18(14)27-20-15(19(16)28-21)5-3-8-24-20/h1-9,11-12H,10H2,(H,27,30)(H,28,29,31);1-6,8-10,12-13H,7,11H2,(H,25,28)(H,26,27,29);1-9,11-12H,10H2,(H,24,27)(H,25,26,28). The van der Waals surface area contributed by atoms with E-state index >= 15 is 0 Å². The Morgan fingerprint density at radius 3 is 1.26 bits per heavy atom. The predicted octanol–water partition coefficient (Wildman–Crippen LogP) is 14.1. The number of hydrogen-bond acceptors (Lipinski definition) is 18. The second kappa shape index (κ2) is 24.5. The fourth-order valence-electron chi connectivity index (χ4n) is 10.0. The number of halogens is 5. The van der Waals surface area contributed by atoms with Crippen molar-refractivity contribution < 1.29 is 22.0 Å². The van der Waals surface area contributed by atoms with Crippen LogP contribution in [0.4, 0.5) is 74.3 Å². The summed E-state index contributed by atoms with van der Waals surface area (Å²) in [5.74, 6) is 2.93. The van der Waals surface area contributed by atoms with Crippen LogP contribution in [0.1, 0.15) is 22.3 Å². The largest absolute Gasteiger partial charge is 0.416 e. The summed E-state index contributed by atoms with van der Waals surface area (Å²) in [5.41, 5.74) is 14.4. The number of nitrogens with zero attached hydrogens (tertiary/aromatic N) is 12. The minimum atomic E-state index is -4.35. The second-order valence-corrected chi connectivity index (χ2v) is 20.0. The first-order valence-electron chi connectivity index (χ1n) is 27.5. The van der Waals surface area contributed by atoms with Crippen LogP contribution in [0.3, 0.4) is 0 Å². The van der Waals surface area contributed by atoms with Crippen LogP contribution in [-0.2, 0) is 25.7 Å². The molecule has 0 atom stereocenters. The minimum Gasteiger partial charge on any atom is -0.354 e. The van der Waals surface area contributed by atoms with Gasteiger partial charge in [-0.05, 0) is 102 Å². The van der Waals surface area contributed by atoms with Gasteiger partial charge in [0.2, 0.25) is 17.8 Å². The van der Waals surface area contributed by atoms with Crippen LogP contribution in [0.2, 0.25) is 0 Å². The number of nitrogens with one attached hydrogen (secondary N) is 6. The lowest BCUT2D eigenvalue weighted by Crippen LogP contribution is -2.08. The van der Waals surface area contributed by atoms with Crippen molar-refractivity contribution in [2.24, 2.45) is 0 Å². The Morgan fingerprint density at radius 2 is 0.807 bits per heavy atom. The van der Waals surface area contributed by atoms with Gasteiger partial charge in [-0.1, -0.05) is 42.5 Å². The molecule has 0 radical (unpaired) electrons. The molecular formula is C65H47F5N18. The van der Waals surface area contributed by atoms with E-state index in [-0.39, 0.29) is 18.2 Å². The molecule has 12 heterocycles. The quantitative estimate of drug-likeness (QED) is 0.0700. The molecule has 18 nitrogen and oxygen atoms in total. The van der Waals surface area contributed by atoms with Gasteiger partial charge < -0.3 is 31.9 Å². The van der Waals surface area contributed by atoms with Crippen molar-refractivity contribution in [2.75, 3.05) is 38.4 Å². The van der Waals surface area contributed by atoms with Crippen molar-refractivity contribution in [2.45, 2.75) is 25.7 Å². The van der Waals surface area contributed by atoms with E-state index < -0.39 is 11.7 Å². The third-order valence-corrected chi connectivity index (χ3v) is 14.4. The Labute approximate surface area is 499 Å². The molecule has 0 bridgehead atoms. The van der Waals surface area contributed by atoms with Crippen LogP contribution in [0.5, 0.6) is 0 Å². The minimum absolute atomic E-state index is 0.229. The number of pyridine rings is 6. The molecular weight excluding hydrogens is 1130 g/mol. The molecule has 6 N–H and O–H groups in total. The van der Waals surface area contributed by atoms with Crippen molar-refractivity contribution >= 4 is 52.4 Å². The maximum atomic E-state index is 13.9. The zero-order chi connectivity index (χ0) is 60.0. The molecule has 0 saturated carbocycles. The van der Waals surface area contributed by atoms with Crippen molar-refractivity contribution in [3.63, 3.8) is 0 Å². The Kier molecular flexibility index (Phi) is 15.4. The number of aromatic nitrogens is 12. The van der Waals surface area contributed by atoms with E-state index in [1.165, 1.54) is 30.3 Å². The number of hydrogen-bond donors (Lipinski definition) is 6. The first-order chi connectivity index (χ1) is 43.1. The molecule has 23 heteroatoms. The molecule has 0 aliphatic carbocycles. The van der Waals surface area contributed by atoms with Gasteiger partial charge >= 0.3 is 6.18 Å². The lowest BCUT2D eigenvalue weighted by atomic mass is 10.0. The topological polar surface area (TPSA) is 227 Å². The fourth-order valence-corrected chi connectivity index (χ4v) is 10.0. The highest BCUT2D eigenvalue weighted by atomic mass is 19.4. The molecule has 9 aromatic heterocycles. The van der Waals surface area contributed by atoms with Crippen LogP contribution in [0.25, 0.3) is 67.2 Å². The normalized spacial score (nSPS) is 11.7. The number of benzene rings is 3. The Bertz CT molecular complexity index is 4520. The molecule has 15 rings (SSSR count). The average Bonchev–Trinajstić information content (AvgIpc) is 3.43. The fraction of sp³-hybridized carbons (Fsp3) is 0.0769. The smallest absolute Gasteiger partial charge is 0.354 e. The molecule has 0 saturated heterocycles. The van der Waals surface area contributed by atoms with Gasteiger partial charge in [-0.2, -0.15) is 13.2 Å². The highest BCUT2D eigenvalue weighted by Crippen LogP contribution is 2.45. The van der Waals surface area contributed by atoms with Gasteiger partial charge in [0.05, 0.1) is 58.3 Å². The summed E-state index contributed by atoms with van der Waals surface area (Å²) >= 11 is 0. The first kappa shape index (κ1) is 55.4. The van der Waals surface area contributed by atoms with Gasteiger partial charge in [-0.15, -0.1) is 0 Å².